The van der Waals surface area contributed by atoms with Crippen molar-refractivity contribution in [3.63, 3.8) is 0 Å². The summed E-state index contributed by atoms with van der Waals surface area (Å²) in [7, 11) is 0. The van der Waals surface area contributed by atoms with E-state index in [1.165, 1.54) is 35.2 Å². The number of aromatic nitrogens is 5. The summed E-state index contributed by atoms with van der Waals surface area (Å²) in [6.07, 6.45) is 4.63. The number of nitrogens with two attached hydrogens (primary N) is 1. The van der Waals surface area contributed by atoms with Crippen molar-refractivity contribution >= 4 is 36.0 Å². The molecule has 3 heterocycles. The summed E-state index contributed by atoms with van der Waals surface area (Å²) >= 11 is 0. The Kier molecular flexibility index (Phi) is 7.86. The van der Waals surface area contributed by atoms with Gasteiger partial charge in [0, 0.05) is 24.7 Å². The van der Waals surface area contributed by atoms with Crippen LogP contribution in [0.1, 0.15) is 47.9 Å². The largest absolute Gasteiger partial charge is 0.378 e. The van der Waals surface area contributed by atoms with Crippen LogP contribution in [-0.4, -0.2) is 59.8 Å². The minimum absolute atomic E-state index is 0. The van der Waals surface area contributed by atoms with E-state index in [4.69, 9.17) is 5.73 Å². The highest BCUT2D eigenvalue weighted by Gasteiger charge is 2.28. The van der Waals surface area contributed by atoms with Crippen LogP contribution >= 0.6 is 12.4 Å². The molecule has 1 aliphatic rings. The first-order valence-electron chi connectivity index (χ1n) is 10.3. The summed E-state index contributed by atoms with van der Waals surface area (Å²) in [5.41, 5.74) is 9.33. The lowest BCUT2D eigenvalue weighted by atomic mass is 10.0. The van der Waals surface area contributed by atoms with Crippen molar-refractivity contribution in [1.29, 1.82) is 0 Å². The molecule has 3 N–H and O–H groups in total. The van der Waals surface area contributed by atoms with E-state index in [0.717, 1.165) is 25.8 Å². The molecule has 0 spiro atoms. The van der Waals surface area contributed by atoms with Crippen molar-refractivity contribution < 1.29 is 14.3 Å². The van der Waals surface area contributed by atoms with Crippen molar-refractivity contribution in [2.24, 2.45) is 5.10 Å². The van der Waals surface area contributed by atoms with E-state index < -0.39 is 10.8 Å². The van der Waals surface area contributed by atoms with Gasteiger partial charge in [-0.05, 0) is 54.3 Å². The minimum Gasteiger partial charge on any atom is -0.378 e. The summed E-state index contributed by atoms with van der Waals surface area (Å²) in [6.45, 7) is 3.40. The SMILES string of the molecule is CC1CCCCN1Cc1c(C(=O)N/N=C\c2ccc([N+](=O)[O-])cc2)nnn1-c1nonc1N.Cl. The van der Waals surface area contributed by atoms with Crippen LogP contribution in [0.3, 0.4) is 0 Å². The van der Waals surface area contributed by atoms with Gasteiger partial charge in [-0.3, -0.25) is 19.8 Å². The number of nitrogens with one attached hydrogen (secondary N) is 1. The Morgan fingerprint density at radius 2 is 2.12 bits per heavy atom. The summed E-state index contributed by atoms with van der Waals surface area (Å²) < 4.78 is 6.03. The van der Waals surface area contributed by atoms with E-state index in [9.17, 15) is 14.9 Å². The quantitative estimate of drug-likeness (QED) is 0.280. The standard InChI is InChI=1S/C19H22N10O4.ClH/c1-12-4-2-3-9-27(12)11-15-16(22-26-28(15)18-17(20)24-33-25-18)19(30)23-21-10-13-5-7-14(8-6-13)29(31)32;/h5-8,10,12H,2-4,9,11H2,1H3,(H2,20,24)(H,23,30);1H/b21-10-;. The summed E-state index contributed by atoms with van der Waals surface area (Å²) in [6, 6.07) is 6.07. The Morgan fingerprint density at radius 1 is 1.35 bits per heavy atom. The number of carbonyl (C=O) groups is 1. The number of nitro groups is 1. The van der Waals surface area contributed by atoms with Gasteiger partial charge in [0.1, 0.15) is 0 Å². The number of nitrogens with zero attached hydrogens (tertiary/aromatic N) is 8. The van der Waals surface area contributed by atoms with Crippen LogP contribution in [0.15, 0.2) is 34.0 Å². The number of benzene rings is 1. The third kappa shape index (κ3) is 5.35. The van der Waals surface area contributed by atoms with Gasteiger partial charge in [0.2, 0.25) is 11.6 Å². The second-order valence-corrected chi connectivity index (χ2v) is 7.63. The lowest BCUT2D eigenvalue weighted by molar-refractivity contribution is -0.384. The molecule has 1 unspecified atom stereocenters. The van der Waals surface area contributed by atoms with Crippen LogP contribution in [-0.2, 0) is 6.54 Å². The zero-order valence-electron chi connectivity index (χ0n) is 18.2. The van der Waals surface area contributed by atoms with Gasteiger partial charge in [-0.15, -0.1) is 17.5 Å². The smallest absolute Gasteiger partial charge is 0.293 e. The van der Waals surface area contributed by atoms with Gasteiger partial charge in [-0.2, -0.15) is 9.78 Å². The van der Waals surface area contributed by atoms with Gasteiger partial charge in [-0.1, -0.05) is 11.6 Å². The molecule has 1 saturated heterocycles. The van der Waals surface area contributed by atoms with E-state index in [0.29, 0.717) is 23.8 Å². The number of carbonyl (C=O) groups excluding carboxylic acids is 1. The third-order valence-corrected chi connectivity index (χ3v) is 5.45. The molecule has 1 aliphatic heterocycles. The van der Waals surface area contributed by atoms with Crippen LogP contribution < -0.4 is 11.2 Å². The molecule has 0 saturated carbocycles. The molecular weight excluding hydrogens is 468 g/mol. The number of halogens is 1. The van der Waals surface area contributed by atoms with E-state index in [1.807, 2.05) is 0 Å². The van der Waals surface area contributed by atoms with E-state index in [-0.39, 0.29) is 35.4 Å². The zero-order chi connectivity index (χ0) is 23.4. The number of hydrogen-bond donors (Lipinski definition) is 2. The van der Waals surface area contributed by atoms with Crippen molar-refractivity contribution in [2.45, 2.75) is 38.8 Å². The first kappa shape index (κ1) is 24.7. The fourth-order valence-corrected chi connectivity index (χ4v) is 3.61. The Labute approximate surface area is 199 Å². The molecular formula is C19H23ClN10O4. The monoisotopic (exact) mass is 490 g/mol. The van der Waals surface area contributed by atoms with Gasteiger partial charge >= 0.3 is 0 Å². The molecule has 0 radical (unpaired) electrons. The molecule has 3 aromatic rings. The minimum atomic E-state index is -0.575. The Morgan fingerprint density at radius 3 is 2.76 bits per heavy atom. The second-order valence-electron chi connectivity index (χ2n) is 7.63. The highest BCUT2D eigenvalue weighted by molar-refractivity contribution is 5.94. The summed E-state index contributed by atoms with van der Waals surface area (Å²) in [4.78, 5) is 25.3. The summed E-state index contributed by atoms with van der Waals surface area (Å²) in [5.74, 6) is -0.402. The number of non-ortho nitro benzene ring substituents is 1. The molecule has 1 atom stereocenters. The third-order valence-electron chi connectivity index (χ3n) is 5.45. The fraction of sp³-hybridized carbons (Fsp3) is 0.368. The van der Waals surface area contributed by atoms with E-state index >= 15 is 0 Å². The van der Waals surface area contributed by atoms with Crippen molar-refractivity contribution in [3.8, 4) is 5.82 Å². The first-order valence-corrected chi connectivity index (χ1v) is 10.3. The van der Waals surface area contributed by atoms with Crippen LogP contribution in [0.2, 0.25) is 0 Å². The zero-order valence-corrected chi connectivity index (χ0v) is 19.0. The van der Waals surface area contributed by atoms with Crippen LogP contribution in [0, 0.1) is 10.1 Å². The van der Waals surface area contributed by atoms with Crippen LogP contribution in [0.5, 0.6) is 0 Å². The number of amides is 1. The maximum Gasteiger partial charge on any atom is 0.293 e. The molecule has 0 aliphatic carbocycles. The number of piperidine rings is 1. The van der Waals surface area contributed by atoms with Gasteiger partial charge in [0.05, 0.1) is 16.8 Å². The Hall–Kier alpha value is -3.91. The van der Waals surface area contributed by atoms with Gasteiger partial charge in [0.15, 0.2) is 5.69 Å². The molecule has 4 rings (SSSR count). The predicted octanol–water partition coefficient (Wildman–Crippen LogP) is 1.70. The number of likely N-dealkylation sites (tertiary alicyclic amines) is 1. The number of hydrogen-bond acceptors (Lipinski definition) is 11. The maximum atomic E-state index is 12.9. The molecule has 1 aromatic carbocycles. The molecule has 1 fully saturated rings. The van der Waals surface area contributed by atoms with Gasteiger partial charge in [-0.25, -0.2) is 10.1 Å². The molecule has 34 heavy (non-hydrogen) atoms. The molecule has 15 heteroatoms. The van der Waals surface area contributed by atoms with E-state index in [1.54, 1.807) is 0 Å². The molecule has 2 aromatic heterocycles. The highest BCUT2D eigenvalue weighted by atomic mass is 35.5. The Balaban J connectivity index is 0.00000324. The highest BCUT2D eigenvalue weighted by Crippen LogP contribution is 2.22. The van der Waals surface area contributed by atoms with E-state index in [2.05, 4.69) is 47.6 Å². The average molecular weight is 491 g/mol. The van der Waals surface area contributed by atoms with Crippen molar-refractivity contribution in [2.75, 3.05) is 12.3 Å². The molecule has 14 nitrogen and oxygen atoms in total. The Bertz CT molecular complexity index is 1180. The predicted molar refractivity (Wildman–Crippen MR) is 123 cm³/mol. The lowest BCUT2D eigenvalue weighted by Crippen LogP contribution is -2.38. The van der Waals surface area contributed by atoms with Crippen molar-refractivity contribution in [1.82, 2.24) is 35.6 Å². The number of rotatable bonds is 7. The first-order chi connectivity index (χ1) is 15.9. The molecule has 1 amide bonds. The lowest BCUT2D eigenvalue weighted by Gasteiger charge is -2.33. The summed E-state index contributed by atoms with van der Waals surface area (Å²) in [5, 5.41) is 30.1. The fourth-order valence-electron chi connectivity index (χ4n) is 3.61. The average Bonchev–Trinajstić information content (AvgIpc) is 3.41. The normalized spacial score (nSPS) is 16.3. The number of hydrazone groups is 1. The van der Waals surface area contributed by atoms with Gasteiger partial charge < -0.3 is 5.73 Å². The van der Waals surface area contributed by atoms with Gasteiger partial charge in [0.25, 0.3) is 11.6 Å². The second kappa shape index (κ2) is 10.8. The van der Waals surface area contributed by atoms with Crippen LogP contribution in [0.4, 0.5) is 11.5 Å². The topological polar surface area (TPSA) is 183 Å². The molecule has 0 bridgehead atoms. The molecule has 180 valence electrons. The van der Waals surface area contributed by atoms with Crippen molar-refractivity contribution in [3.05, 3.63) is 51.3 Å². The maximum absolute atomic E-state index is 12.9. The number of nitrogen functional groups attached to an aromatic ring is 1. The number of nitro benzene ring substituents is 1. The van der Waals surface area contributed by atoms with Crippen LogP contribution in [0.25, 0.3) is 5.82 Å². The number of anilines is 1.